The molecule has 0 saturated heterocycles. The van der Waals surface area contributed by atoms with E-state index in [2.05, 4.69) is 34.6 Å². The maximum Gasteiger partial charge on any atom is 0.188 e. The summed E-state index contributed by atoms with van der Waals surface area (Å²) in [4.78, 5) is 5.72. The van der Waals surface area contributed by atoms with Crippen molar-refractivity contribution in [1.29, 1.82) is 0 Å². The molecule has 0 aromatic heterocycles. The third-order valence-corrected chi connectivity index (χ3v) is 4.58. The Morgan fingerprint density at radius 2 is 1.81 bits per heavy atom. The van der Waals surface area contributed by atoms with Crippen molar-refractivity contribution in [1.82, 2.24) is 5.32 Å². The minimum atomic E-state index is 0. The highest BCUT2D eigenvalue weighted by Crippen LogP contribution is 2.17. The predicted molar refractivity (Wildman–Crippen MR) is 104 cm³/mol. The fourth-order valence-corrected chi connectivity index (χ4v) is 3.29. The minimum absolute atomic E-state index is 0. The van der Waals surface area contributed by atoms with Crippen LogP contribution in [0.5, 0.6) is 0 Å². The van der Waals surface area contributed by atoms with Gasteiger partial charge >= 0.3 is 0 Å². The molecule has 5 heteroatoms. The second-order valence-corrected chi connectivity index (χ2v) is 6.43. The topological polar surface area (TPSA) is 50.4 Å². The van der Waals surface area contributed by atoms with Crippen LogP contribution in [0.1, 0.15) is 38.5 Å². The number of thioether (sulfide) groups is 1. The molecule has 0 unspecified atom stereocenters. The SMILES string of the molecule is I.NC(=NCCSc1ccccc1)NC1CCCCCC1. The number of benzene rings is 1. The summed E-state index contributed by atoms with van der Waals surface area (Å²) in [6.45, 7) is 0.769. The first kappa shape index (κ1) is 18.6. The molecule has 3 nitrogen and oxygen atoms in total. The van der Waals surface area contributed by atoms with E-state index in [0.717, 1.165) is 12.3 Å². The number of halogens is 1. The lowest BCUT2D eigenvalue weighted by molar-refractivity contribution is 0.530. The molecule has 1 saturated carbocycles. The Kier molecular flexibility index (Phi) is 9.91. The van der Waals surface area contributed by atoms with Crippen molar-refractivity contribution in [2.45, 2.75) is 49.5 Å². The average Bonchev–Trinajstić information content (AvgIpc) is 2.73. The zero-order valence-electron chi connectivity index (χ0n) is 12.5. The fourth-order valence-electron chi connectivity index (χ4n) is 2.52. The molecule has 0 heterocycles. The first-order valence-electron chi connectivity index (χ1n) is 7.59. The third-order valence-electron chi connectivity index (χ3n) is 3.59. The number of rotatable bonds is 5. The van der Waals surface area contributed by atoms with Crippen LogP contribution in [-0.2, 0) is 0 Å². The van der Waals surface area contributed by atoms with E-state index in [1.807, 2.05) is 17.8 Å². The second kappa shape index (κ2) is 11.2. The van der Waals surface area contributed by atoms with Gasteiger partial charge in [0.15, 0.2) is 5.96 Å². The van der Waals surface area contributed by atoms with Crippen molar-refractivity contribution in [3.8, 4) is 0 Å². The van der Waals surface area contributed by atoms with Gasteiger partial charge < -0.3 is 11.1 Å². The van der Waals surface area contributed by atoms with Crippen molar-refractivity contribution >= 4 is 41.7 Å². The summed E-state index contributed by atoms with van der Waals surface area (Å²) in [5, 5.41) is 3.38. The van der Waals surface area contributed by atoms with Crippen LogP contribution in [0.25, 0.3) is 0 Å². The Morgan fingerprint density at radius 3 is 2.48 bits per heavy atom. The van der Waals surface area contributed by atoms with Gasteiger partial charge in [-0.1, -0.05) is 43.9 Å². The highest BCUT2D eigenvalue weighted by Gasteiger charge is 2.11. The van der Waals surface area contributed by atoms with Crippen molar-refractivity contribution in [2.24, 2.45) is 10.7 Å². The van der Waals surface area contributed by atoms with Crippen molar-refractivity contribution in [3.63, 3.8) is 0 Å². The van der Waals surface area contributed by atoms with Crippen LogP contribution in [-0.4, -0.2) is 24.3 Å². The van der Waals surface area contributed by atoms with Crippen LogP contribution in [0.15, 0.2) is 40.2 Å². The zero-order chi connectivity index (χ0) is 14.0. The molecule has 1 aliphatic rings. The first-order chi connectivity index (χ1) is 9.84. The maximum absolute atomic E-state index is 5.96. The van der Waals surface area contributed by atoms with Gasteiger partial charge in [0.2, 0.25) is 0 Å². The standard InChI is InChI=1S/C16H25N3S.HI/c17-16(19-14-8-4-1-2-5-9-14)18-12-13-20-15-10-6-3-7-11-15;/h3,6-7,10-11,14H,1-2,4-5,8-9,12-13H2,(H3,17,18,19);1H. The third kappa shape index (κ3) is 7.95. The molecule has 1 aliphatic carbocycles. The highest BCUT2D eigenvalue weighted by molar-refractivity contribution is 14.0. The van der Waals surface area contributed by atoms with E-state index in [1.165, 1.54) is 43.4 Å². The van der Waals surface area contributed by atoms with Crippen LogP contribution in [0.2, 0.25) is 0 Å². The number of nitrogens with one attached hydrogen (secondary N) is 1. The molecule has 0 bridgehead atoms. The highest BCUT2D eigenvalue weighted by atomic mass is 127. The number of hydrogen-bond donors (Lipinski definition) is 2. The Labute approximate surface area is 149 Å². The summed E-state index contributed by atoms with van der Waals surface area (Å²) in [6, 6.07) is 10.9. The number of guanidine groups is 1. The average molecular weight is 419 g/mol. The Bertz CT molecular complexity index is 403. The Hall–Kier alpha value is -0.430. The van der Waals surface area contributed by atoms with E-state index in [-0.39, 0.29) is 24.0 Å². The number of aliphatic imine (C=N–C) groups is 1. The molecule has 0 spiro atoms. The van der Waals surface area contributed by atoms with Gasteiger partial charge in [-0.2, -0.15) is 0 Å². The summed E-state index contributed by atoms with van der Waals surface area (Å²) >= 11 is 1.82. The quantitative estimate of drug-likeness (QED) is 0.189. The molecule has 1 aromatic rings. The fraction of sp³-hybridized carbons (Fsp3) is 0.562. The molecule has 0 radical (unpaired) electrons. The van der Waals surface area contributed by atoms with Gasteiger partial charge in [-0.15, -0.1) is 35.7 Å². The summed E-state index contributed by atoms with van der Waals surface area (Å²) in [6.07, 6.45) is 7.82. The maximum atomic E-state index is 5.96. The summed E-state index contributed by atoms with van der Waals surface area (Å²) in [5.41, 5.74) is 5.96. The van der Waals surface area contributed by atoms with Gasteiger partial charge in [0, 0.05) is 16.7 Å². The molecule has 1 fully saturated rings. The number of hydrogen-bond acceptors (Lipinski definition) is 2. The molecule has 1 aromatic carbocycles. The first-order valence-corrected chi connectivity index (χ1v) is 8.57. The van der Waals surface area contributed by atoms with E-state index in [4.69, 9.17) is 5.73 Å². The van der Waals surface area contributed by atoms with Crippen molar-refractivity contribution in [3.05, 3.63) is 30.3 Å². The monoisotopic (exact) mass is 419 g/mol. The number of nitrogens with two attached hydrogens (primary N) is 1. The molecule has 2 rings (SSSR count). The molecule has 21 heavy (non-hydrogen) atoms. The molecule has 3 N–H and O–H groups in total. The molecule has 0 aliphatic heterocycles. The second-order valence-electron chi connectivity index (χ2n) is 5.26. The van der Waals surface area contributed by atoms with E-state index < -0.39 is 0 Å². The lowest BCUT2D eigenvalue weighted by Crippen LogP contribution is -2.40. The Morgan fingerprint density at radius 1 is 1.14 bits per heavy atom. The summed E-state index contributed by atoms with van der Waals surface area (Å²) < 4.78 is 0. The minimum Gasteiger partial charge on any atom is -0.370 e. The lowest BCUT2D eigenvalue weighted by atomic mass is 10.1. The van der Waals surface area contributed by atoms with E-state index >= 15 is 0 Å². The van der Waals surface area contributed by atoms with Gasteiger partial charge in [-0.3, -0.25) is 4.99 Å². The van der Waals surface area contributed by atoms with Gasteiger partial charge in [-0.25, -0.2) is 0 Å². The molecular weight excluding hydrogens is 393 g/mol. The zero-order valence-corrected chi connectivity index (χ0v) is 15.6. The molecular formula is C16H26IN3S. The van der Waals surface area contributed by atoms with Crippen LogP contribution in [0, 0.1) is 0 Å². The normalized spacial score (nSPS) is 16.9. The van der Waals surface area contributed by atoms with Crippen molar-refractivity contribution in [2.75, 3.05) is 12.3 Å². The summed E-state index contributed by atoms with van der Waals surface area (Å²) in [5.74, 6) is 1.59. The lowest BCUT2D eigenvalue weighted by Gasteiger charge is -2.16. The molecule has 118 valence electrons. The van der Waals surface area contributed by atoms with Gasteiger partial charge in [0.1, 0.15) is 0 Å². The van der Waals surface area contributed by atoms with E-state index in [0.29, 0.717) is 12.0 Å². The predicted octanol–water partition coefficient (Wildman–Crippen LogP) is 4.02. The smallest absolute Gasteiger partial charge is 0.188 e. The van der Waals surface area contributed by atoms with E-state index in [9.17, 15) is 0 Å². The van der Waals surface area contributed by atoms with Crippen LogP contribution < -0.4 is 11.1 Å². The van der Waals surface area contributed by atoms with Gasteiger partial charge in [-0.05, 0) is 25.0 Å². The Balaban J connectivity index is 0.00000220. The van der Waals surface area contributed by atoms with Crippen LogP contribution in [0.4, 0.5) is 0 Å². The van der Waals surface area contributed by atoms with Crippen LogP contribution >= 0.6 is 35.7 Å². The molecule has 0 amide bonds. The van der Waals surface area contributed by atoms with Gasteiger partial charge in [0.05, 0.1) is 6.54 Å². The largest absolute Gasteiger partial charge is 0.370 e. The van der Waals surface area contributed by atoms with Crippen molar-refractivity contribution < 1.29 is 0 Å². The number of nitrogens with zero attached hydrogens (tertiary/aromatic N) is 1. The molecule has 0 atom stereocenters. The van der Waals surface area contributed by atoms with Gasteiger partial charge in [0.25, 0.3) is 0 Å². The summed E-state index contributed by atoms with van der Waals surface area (Å²) in [7, 11) is 0. The van der Waals surface area contributed by atoms with Crippen LogP contribution in [0.3, 0.4) is 0 Å². The van der Waals surface area contributed by atoms with E-state index in [1.54, 1.807) is 0 Å².